The third-order valence-corrected chi connectivity index (χ3v) is 3.69. The summed E-state index contributed by atoms with van der Waals surface area (Å²) in [6.07, 6.45) is 0. The summed E-state index contributed by atoms with van der Waals surface area (Å²) < 4.78 is 10.9. The molecule has 24 heavy (non-hydrogen) atoms. The number of hydrogen-bond donors (Lipinski definition) is 1. The van der Waals surface area contributed by atoms with Gasteiger partial charge in [0.05, 0.1) is 13.7 Å². The third-order valence-electron chi connectivity index (χ3n) is 3.69. The fourth-order valence-corrected chi connectivity index (χ4v) is 2.25. The summed E-state index contributed by atoms with van der Waals surface area (Å²) in [5.74, 6) is 1.34. The number of nitrogens with one attached hydrogen (secondary N) is 1. The zero-order chi connectivity index (χ0) is 17.6. The predicted octanol–water partition coefficient (Wildman–Crippen LogP) is 3.80. The Morgan fingerprint density at radius 1 is 1.04 bits per heavy atom. The van der Waals surface area contributed by atoms with E-state index in [2.05, 4.69) is 32.2 Å². The van der Waals surface area contributed by atoms with E-state index < -0.39 is 0 Å². The van der Waals surface area contributed by atoms with E-state index in [1.807, 2.05) is 24.3 Å². The van der Waals surface area contributed by atoms with Crippen LogP contribution < -0.4 is 14.8 Å². The van der Waals surface area contributed by atoms with Crippen molar-refractivity contribution in [3.05, 3.63) is 59.7 Å². The molecule has 2 aromatic carbocycles. The van der Waals surface area contributed by atoms with Crippen LogP contribution in [0.15, 0.2) is 48.5 Å². The lowest BCUT2D eigenvalue weighted by molar-refractivity contribution is 0.0946. The highest BCUT2D eigenvalue weighted by atomic mass is 16.5. The average molecular weight is 327 g/mol. The van der Waals surface area contributed by atoms with E-state index >= 15 is 0 Å². The number of carbonyl (C=O) groups excluding carboxylic acids is 1. The van der Waals surface area contributed by atoms with Crippen LogP contribution in [0, 0.1) is 0 Å². The Kier molecular flexibility index (Phi) is 5.85. The molecule has 0 unspecified atom stereocenters. The molecule has 0 saturated heterocycles. The Morgan fingerprint density at radius 3 is 2.46 bits per heavy atom. The molecule has 1 N–H and O–H groups in total. The smallest absolute Gasteiger partial charge is 0.251 e. The molecule has 0 spiro atoms. The van der Waals surface area contributed by atoms with Gasteiger partial charge in [0.15, 0.2) is 0 Å². The van der Waals surface area contributed by atoms with E-state index in [1.54, 1.807) is 25.3 Å². The summed E-state index contributed by atoms with van der Waals surface area (Å²) in [7, 11) is 1.58. The van der Waals surface area contributed by atoms with Gasteiger partial charge in [0.2, 0.25) is 0 Å². The monoisotopic (exact) mass is 327 g/mol. The van der Waals surface area contributed by atoms with Crippen LogP contribution in [0.3, 0.4) is 0 Å². The van der Waals surface area contributed by atoms with E-state index in [1.165, 1.54) is 5.56 Å². The maximum atomic E-state index is 12.1. The molecule has 0 saturated carbocycles. The number of hydrogen-bond acceptors (Lipinski definition) is 3. The highest BCUT2D eigenvalue weighted by molar-refractivity contribution is 5.94. The van der Waals surface area contributed by atoms with Gasteiger partial charge in [-0.2, -0.15) is 0 Å². The van der Waals surface area contributed by atoms with Crippen LogP contribution in [0.2, 0.25) is 0 Å². The Balaban J connectivity index is 1.83. The normalized spacial score (nSPS) is 11.0. The second-order valence-corrected chi connectivity index (χ2v) is 6.61. The summed E-state index contributed by atoms with van der Waals surface area (Å²) >= 11 is 0. The Hall–Kier alpha value is -2.49. The molecular weight excluding hydrogens is 302 g/mol. The molecule has 2 aromatic rings. The first-order chi connectivity index (χ1) is 11.4. The first kappa shape index (κ1) is 17.9. The van der Waals surface area contributed by atoms with Crippen molar-refractivity contribution in [2.45, 2.75) is 26.2 Å². The zero-order valence-corrected chi connectivity index (χ0v) is 14.8. The standard InChI is InChI=1S/C20H25NO3/c1-20(2,3)16-8-6-10-18(14-16)24-12-11-21-19(22)15-7-5-9-17(13-15)23-4/h5-10,13-14H,11-12H2,1-4H3,(H,21,22). The van der Waals surface area contributed by atoms with Crippen LogP contribution in [0.4, 0.5) is 0 Å². The number of rotatable bonds is 6. The molecule has 0 aromatic heterocycles. The first-order valence-electron chi connectivity index (χ1n) is 8.06. The molecule has 4 nitrogen and oxygen atoms in total. The molecule has 0 heterocycles. The van der Waals surface area contributed by atoms with Crippen LogP contribution in [-0.2, 0) is 5.41 Å². The Labute approximate surface area is 143 Å². The largest absolute Gasteiger partial charge is 0.497 e. The van der Waals surface area contributed by atoms with Gasteiger partial charge in [0.25, 0.3) is 5.91 Å². The Bertz CT molecular complexity index is 689. The van der Waals surface area contributed by atoms with Gasteiger partial charge < -0.3 is 14.8 Å². The maximum absolute atomic E-state index is 12.1. The Morgan fingerprint density at radius 2 is 1.75 bits per heavy atom. The van der Waals surface area contributed by atoms with Crippen molar-refractivity contribution < 1.29 is 14.3 Å². The third kappa shape index (κ3) is 5.01. The van der Waals surface area contributed by atoms with E-state index in [0.29, 0.717) is 24.5 Å². The van der Waals surface area contributed by atoms with Gasteiger partial charge in [-0.1, -0.05) is 39.0 Å². The maximum Gasteiger partial charge on any atom is 0.251 e. The van der Waals surface area contributed by atoms with Crippen LogP contribution in [0.1, 0.15) is 36.7 Å². The van der Waals surface area contributed by atoms with Crippen molar-refractivity contribution in [1.29, 1.82) is 0 Å². The SMILES string of the molecule is COc1cccc(C(=O)NCCOc2cccc(C(C)(C)C)c2)c1. The fraction of sp³-hybridized carbons (Fsp3) is 0.350. The lowest BCUT2D eigenvalue weighted by Crippen LogP contribution is -2.28. The highest BCUT2D eigenvalue weighted by Gasteiger charge is 2.13. The summed E-state index contributed by atoms with van der Waals surface area (Å²) in [4.78, 5) is 12.1. The quantitative estimate of drug-likeness (QED) is 0.821. The molecule has 128 valence electrons. The summed E-state index contributed by atoms with van der Waals surface area (Å²) in [6, 6.07) is 15.1. The van der Waals surface area contributed by atoms with Gasteiger partial charge in [0, 0.05) is 5.56 Å². The summed E-state index contributed by atoms with van der Waals surface area (Å²) in [5, 5.41) is 2.85. The van der Waals surface area contributed by atoms with Crippen LogP contribution in [0.25, 0.3) is 0 Å². The molecule has 0 aliphatic carbocycles. The number of ether oxygens (including phenoxy) is 2. The number of benzene rings is 2. The van der Waals surface area contributed by atoms with Crippen molar-refractivity contribution in [1.82, 2.24) is 5.32 Å². The van der Waals surface area contributed by atoms with Crippen molar-refractivity contribution in [3.63, 3.8) is 0 Å². The van der Waals surface area contributed by atoms with Crippen molar-refractivity contribution in [2.75, 3.05) is 20.3 Å². The summed E-state index contributed by atoms with van der Waals surface area (Å²) in [6.45, 7) is 7.36. The predicted molar refractivity (Wildman–Crippen MR) is 96.0 cm³/mol. The van der Waals surface area contributed by atoms with Gasteiger partial charge in [-0.25, -0.2) is 0 Å². The number of methoxy groups -OCH3 is 1. The highest BCUT2D eigenvalue weighted by Crippen LogP contribution is 2.25. The molecule has 0 atom stereocenters. The van der Waals surface area contributed by atoms with Crippen LogP contribution >= 0.6 is 0 Å². The van der Waals surface area contributed by atoms with Gasteiger partial charge in [-0.3, -0.25) is 4.79 Å². The molecule has 0 aliphatic rings. The minimum Gasteiger partial charge on any atom is -0.497 e. The zero-order valence-electron chi connectivity index (χ0n) is 14.8. The van der Waals surface area contributed by atoms with Gasteiger partial charge in [0.1, 0.15) is 18.1 Å². The van der Waals surface area contributed by atoms with E-state index in [4.69, 9.17) is 9.47 Å². The van der Waals surface area contributed by atoms with Crippen molar-refractivity contribution in [3.8, 4) is 11.5 Å². The molecule has 1 amide bonds. The molecule has 0 bridgehead atoms. The van der Waals surface area contributed by atoms with Crippen LogP contribution in [0.5, 0.6) is 11.5 Å². The summed E-state index contributed by atoms with van der Waals surface area (Å²) in [5.41, 5.74) is 1.88. The molecule has 2 rings (SSSR count). The first-order valence-corrected chi connectivity index (χ1v) is 8.06. The molecule has 0 aliphatic heterocycles. The van der Waals surface area contributed by atoms with E-state index in [0.717, 1.165) is 5.75 Å². The molecule has 0 radical (unpaired) electrons. The second kappa shape index (κ2) is 7.86. The second-order valence-electron chi connectivity index (χ2n) is 6.61. The topological polar surface area (TPSA) is 47.6 Å². The number of carbonyl (C=O) groups is 1. The van der Waals surface area contributed by atoms with Crippen molar-refractivity contribution in [2.24, 2.45) is 0 Å². The minimum absolute atomic E-state index is 0.0833. The lowest BCUT2D eigenvalue weighted by Gasteiger charge is -2.19. The van der Waals surface area contributed by atoms with Gasteiger partial charge in [-0.05, 0) is 41.3 Å². The lowest BCUT2D eigenvalue weighted by atomic mass is 9.87. The minimum atomic E-state index is -0.138. The fourth-order valence-electron chi connectivity index (χ4n) is 2.25. The van der Waals surface area contributed by atoms with Gasteiger partial charge in [-0.15, -0.1) is 0 Å². The van der Waals surface area contributed by atoms with Crippen LogP contribution in [-0.4, -0.2) is 26.2 Å². The van der Waals surface area contributed by atoms with E-state index in [-0.39, 0.29) is 11.3 Å². The van der Waals surface area contributed by atoms with Gasteiger partial charge >= 0.3 is 0 Å². The molecule has 4 heteroatoms. The molecular formula is C20H25NO3. The van der Waals surface area contributed by atoms with Crippen molar-refractivity contribution >= 4 is 5.91 Å². The van der Waals surface area contributed by atoms with E-state index in [9.17, 15) is 4.79 Å². The number of amides is 1. The average Bonchev–Trinajstić information content (AvgIpc) is 2.58. The molecule has 0 fully saturated rings.